The Morgan fingerprint density at radius 1 is 0.625 bits per heavy atom. The van der Waals surface area contributed by atoms with E-state index in [2.05, 4.69) is 19.8 Å². The predicted molar refractivity (Wildman–Crippen MR) is 192 cm³/mol. The van der Waals surface area contributed by atoms with Crippen LogP contribution in [0.5, 0.6) is 34.5 Å². The van der Waals surface area contributed by atoms with Gasteiger partial charge in [-0.05, 0) is 89.3 Å². The van der Waals surface area contributed by atoms with Crippen molar-refractivity contribution < 1.29 is 29.5 Å². The summed E-state index contributed by atoms with van der Waals surface area (Å²) in [6.45, 7) is 17.8. The van der Waals surface area contributed by atoms with Gasteiger partial charge in [-0.3, -0.25) is 19.8 Å². The number of aromatic hydroxyl groups is 3. The molecule has 10 heteroatoms. The van der Waals surface area contributed by atoms with Crippen LogP contribution in [0.2, 0.25) is 0 Å². The number of hydrogen-bond acceptors (Lipinski definition) is 10. The topological polar surface area (TPSA) is 120 Å². The molecule has 0 unspecified atom stereocenters. The fourth-order valence-corrected chi connectivity index (χ4v) is 6.27. The summed E-state index contributed by atoms with van der Waals surface area (Å²) in [7, 11) is 0. The van der Waals surface area contributed by atoms with Crippen molar-refractivity contribution in [2.24, 2.45) is 9.98 Å². The van der Waals surface area contributed by atoms with E-state index in [9.17, 15) is 15.3 Å². The number of ether oxygens (including phenoxy) is 3. The summed E-state index contributed by atoms with van der Waals surface area (Å²) in [5.41, 5.74) is 5.11. The molecular formula is C38H52N4O6. The average molecular weight is 661 g/mol. The van der Waals surface area contributed by atoms with Crippen LogP contribution < -0.4 is 14.2 Å². The molecule has 0 amide bonds. The first-order chi connectivity index (χ1) is 23.2. The Bertz CT molecular complexity index is 1420. The number of benzene rings is 3. The molecule has 3 N–H and O–H groups in total. The van der Waals surface area contributed by atoms with Crippen molar-refractivity contribution in [1.82, 2.24) is 9.80 Å². The van der Waals surface area contributed by atoms with Gasteiger partial charge in [0, 0.05) is 86.6 Å². The van der Waals surface area contributed by atoms with Gasteiger partial charge in [0.25, 0.3) is 0 Å². The molecule has 260 valence electrons. The highest BCUT2D eigenvalue weighted by Crippen LogP contribution is 2.39. The molecule has 0 radical (unpaired) electrons. The smallest absolute Gasteiger partial charge is 0.128 e. The first-order valence-corrected chi connectivity index (χ1v) is 17.0. The number of aliphatic imine (C=N–C) groups is 2. The zero-order valence-corrected chi connectivity index (χ0v) is 29.3. The van der Waals surface area contributed by atoms with Crippen LogP contribution in [0.15, 0.2) is 46.4 Å². The second-order valence-corrected chi connectivity index (χ2v) is 12.0. The summed E-state index contributed by atoms with van der Waals surface area (Å²) in [6, 6.07) is 10.8. The van der Waals surface area contributed by atoms with Gasteiger partial charge in [0.2, 0.25) is 0 Å². The highest BCUT2D eigenvalue weighted by atomic mass is 16.5. The molecule has 1 aliphatic heterocycles. The van der Waals surface area contributed by atoms with E-state index in [4.69, 9.17) is 14.2 Å². The molecular weight excluding hydrogens is 608 g/mol. The van der Waals surface area contributed by atoms with E-state index in [-0.39, 0.29) is 23.4 Å². The van der Waals surface area contributed by atoms with Crippen LogP contribution in [-0.2, 0) is 0 Å². The summed E-state index contributed by atoms with van der Waals surface area (Å²) in [5.74, 6) is 2.52. The van der Waals surface area contributed by atoms with Gasteiger partial charge in [-0.2, -0.15) is 0 Å². The van der Waals surface area contributed by atoms with E-state index < -0.39 is 0 Å². The van der Waals surface area contributed by atoms with Crippen LogP contribution >= 0.6 is 0 Å². The SMILES string of the molecule is CCOc1cc(C)c(C=NCCCN2CCN(CCCN=Cc3c(C)cc(OCC)cc3O)C2c2c(C)cc(OCC)cc2O)c(O)c1. The molecule has 3 aromatic carbocycles. The number of phenols is 3. The van der Waals surface area contributed by atoms with Crippen LogP contribution in [-0.4, -0.2) is 96.6 Å². The minimum atomic E-state index is -0.0940. The average Bonchev–Trinajstić information content (AvgIpc) is 3.41. The quantitative estimate of drug-likeness (QED) is 0.110. The van der Waals surface area contributed by atoms with Crippen molar-refractivity contribution in [1.29, 1.82) is 0 Å². The Balaban J connectivity index is 1.42. The van der Waals surface area contributed by atoms with Gasteiger partial charge in [-0.15, -0.1) is 0 Å². The number of nitrogens with zero attached hydrogens (tertiary/aromatic N) is 4. The lowest BCUT2D eigenvalue weighted by Gasteiger charge is -2.32. The van der Waals surface area contributed by atoms with Crippen molar-refractivity contribution in [2.75, 3.05) is 59.1 Å². The first kappa shape index (κ1) is 36.6. The van der Waals surface area contributed by atoms with Gasteiger partial charge in [0.1, 0.15) is 34.5 Å². The largest absolute Gasteiger partial charge is 0.507 e. The normalized spacial score (nSPS) is 15.6. The Hall–Kier alpha value is -4.28. The third-order valence-electron chi connectivity index (χ3n) is 8.48. The van der Waals surface area contributed by atoms with Crippen LogP contribution in [0.4, 0.5) is 0 Å². The highest BCUT2D eigenvalue weighted by molar-refractivity contribution is 5.86. The molecule has 0 spiro atoms. The minimum Gasteiger partial charge on any atom is -0.507 e. The monoisotopic (exact) mass is 660 g/mol. The summed E-state index contributed by atoms with van der Waals surface area (Å²) in [4.78, 5) is 14.1. The molecule has 0 saturated carbocycles. The zero-order chi connectivity index (χ0) is 34.6. The molecule has 0 aliphatic carbocycles. The third kappa shape index (κ3) is 9.41. The van der Waals surface area contributed by atoms with Crippen molar-refractivity contribution in [2.45, 2.75) is 60.5 Å². The van der Waals surface area contributed by atoms with Crippen LogP contribution in [0.25, 0.3) is 0 Å². The molecule has 1 fully saturated rings. The highest BCUT2D eigenvalue weighted by Gasteiger charge is 2.35. The Morgan fingerprint density at radius 3 is 1.40 bits per heavy atom. The third-order valence-corrected chi connectivity index (χ3v) is 8.48. The van der Waals surface area contributed by atoms with E-state index in [1.165, 1.54) is 0 Å². The fourth-order valence-electron chi connectivity index (χ4n) is 6.27. The fraction of sp³-hybridized carbons (Fsp3) is 0.474. The lowest BCUT2D eigenvalue weighted by molar-refractivity contribution is 0.132. The van der Waals surface area contributed by atoms with E-state index in [1.807, 2.05) is 59.7 Å². The van der Waals surface area contributed by atoms with E-state index in [0.29, 0.717) is 61.3 Å². The van der Waals surface area contributed by atoms with Gasteiger partial charge in [0.15, 0.2) is 0 Å². The van der Waals surface area contributed by atoms with E-state index >= 15 is 0 Å². The number of rotatable bonds is 17. The molecule has 4 rings (SSSR count). The predicted octanol–water partition coefficient (Wildman–Crippen LogP) is 6.56. The van der Waals surface area contributed by atoms with Crippen molar-refractivity contribution in [3.05, 3.63) is 69.8 Å². The summed E-state index contributed by atoms with van der Waals surface area (Å²) >= 11 is 0. The summed E-state index contributed by atoms with van der Waals surface area (Å²) in [5, 5.41) is 32.2. The molecule has 0 aromatic heterocycles. The second kappa shape index (κ2) is 17.8. The first-order valence-electron chi connectivity index (χ1n) is 17.0. The van der Waals surface area contributed by atoms with Crippen LogP contribution in [0, 0.1) is 20.8 Å². The number of phenolic OH excluding ortho intramolecular Hbond substituents is 3. The van der Waals surface area contributed by atoms with Gasteiger partial charge in [-0.25, -0.2) is 0 Å². The molecule has 0 bridgehead atoms. The minimum absolute atomic E-state index is 0.0940. The molecule has 10 nitrogen and oxygen atoms in total. The second-order valence-electron chi connectivity index (χ2n) is 12.0. The molecule has 48 heavy (non-hydrogen) atoms. The Labute approximate surface area is 285 Å². The van der Waals surface area contributed by atoms with Gasteiger partial charge in [-0.1, -0.05) is 0 Å². The molecule has 0 atom stereocenters. The Kier molecular flexibility index (Phi) is 13.5. The Morgan fingerprint density at radius 2 is 1.02 bits per heavy atom. The standard InChI is InChI=1S/C38H52N4O6/c1-7-46-29-18-26(4)32(34(43)21-29)24-39-12-10-14-41-16-17-42(38(41)37-28(6)20-31(48-9-3)23-36(37)45)15-11-13-40-25-33-27(5)19-30(47-8-2)22-35(33)44/h18-25,38,43-45H,7-17H2,1-6H3. The number of aryl methyl sites for hydroxylation is 3. The van der Waals surface area contributed by atoms with E-state index in [0.717, 1.165) is 61.3 Å². The van der Waals surface area contributed by atoms with Gasteiger partial charge >= 0.3 is 0 Å². The lowest BCUT2D eigenvalue weighted by Crippen LogP contribution is -2.33. The van der Waals surface area contributed by atoms with Crippen molar-refractivity contribution in [3.63, 3.8) is 0 Å². The maximum absolute atomic E-state index is 11.2. The molecule has 1 aliphatic rings. The van der Waals surface area contributed by atoms with E-state index in [1.54, 1.807) is 30.6 Å². The zero-order valence-electron chi connectivity index (χ0n) is 29.3. The molecule has 3 aromatic rings. The summed E-state index contributed by atoms with van der Waals surface area (Å²) in [6.07, 6.45) is 5.04. The van der Waals surface area contributed by atoms with Crippen molar-refractivity contribution in [3.8, 4) is 34.5 Å². The maximum Gasteiger partial charge on any atom is 0.128 e. The van der Waals surface area contributed by atoms with Crippen LogP contribution in [0.1, 0.15) is 73.2 Å². The lowest BCUT2D eigenvalue weighted by atomic mass is 10.0. The van der Waals surface area contributed by atoms with Crippen LogP contribution in [0.3, 0.4) is 0 Å². The summed E-state index contributed by atoms with van der Waals surface area (Å²) < 4.78 is 16.8. The van der Waals surface area contributed by atoms with Gasteiger partial charge < -0.3 is 29.5 Å². The molecule has 1 saturated heterocycles. The maximum atomic E-state index is 11.2. The van der Waals surface area contributed by atoms with Gasteiger partial charge in [0.05, 0.1) is 26.0 Å². The number of hydrogen-bond donors (Lipinski definition) is 3. The molecule has 1 heterocycles. The van der Waals surface area contributed by atoms with Crippen molar-refractivity contribution >= 4 is 12.4 Å².